The highest BCUT2D eigenvalue weighted by Crippen LogP contribution is 2.34. The lowest BCUT2D eigenvalue weighted by molar-refractivity contribution is 0.0703. The predicted molar refractivity (Wildman–Crippen MR) is 138 cm³/mol. The van der Waals surface area contributed by atoms with Crippen LogP contribution in [-0.4, -0.2) is 43.6 Å². The van der Waals surface area contributed by atoms with Gasteiger partial charge in [0.15, 0.2) is 5.69 Å². The zero-order valence-corrected chi connectivity index (χ0v) is 20.8. The van der Waals surface area contributed by atoms with Gasteiger partial charge in [0.05, 0.1) is 28.9 Å². The molecule has 1 aliphatic rings. The molecule has 1 aliphatic heterocycles. The fourth-order valence-electron chi connectivity index (χ4n) is 4.58. The molecule has 1 saturated heterocycles. The summed E-state index contributed by atoms with van der Waals surface area (Å²) in [6.07, 6.45) is 5.04. The molecule has 0 atom stereocenters. The number of benzene rings is 2. The Morgan fingerprint density at radius 3 is 2.36 bits per heavy atom. The van der Waals surface area contributed by atoms with Gasteiger partial charge in [0.2, 0.25) is 0 Å². The molecule has 0 aliphatic carbocycles. The number of carbonyl (C=O) groups is 1. The van der Waals surface area contributed by atoms with Gasteiger partial charge in [-0.25, -0.2) is 14.6 Å². The highest BCUT2D eigenvalue weighted by molar-refractivity contribution is 6.32. The number of hydrogen-bond acceptors (Lipinski definition) is 5. The van der Waals surface area contributed by atoms with Gasteiger partial charge in [-0.15, -0.1) is 0 Å². The number of nitriles is 1. The maximum atomic E-state index is 13.8. The summed E-state index contributed by atoms with van der Waals surface area (Å²) in [4.78, 5) is 24.3. The van der Waals surface area contributed by atoms with Crippen LogP contribution in [0.4, 0.5) is 0 Å². The summed E-state index contributed by atoms with van der Waals surface area (Å²) >= 11 is 12.7. The smallest absolute Gasteiger partial charge is 0.274 e. The molecule has 7 nitrogen and oxygen atoms in total. The van der Waals surface area contributed by atoms with Gasteiger partial charge >= 0.3 is 0 Å². The van der Waals surface area contributed by atoms with Gasteiger partial charge < -0.3 is 4.90 Å². The van der Waals surface area contributed by atoms with Crippen molar-refractivity contribution in [1.82, 2.24) is 24.6 Å². The normalized spacial score (nSPS) is 14.0. The van der Waals surface area contributed by atoms with Gasteiger partial charge in [-0.05, 0) is 43.2 Å². The first-order valence-electron chi connectivity index (χ1n) is 11.6. The monoisotopic (exact) mass is 516 g/mol. The van der Waals surface area contributed by atoms with Crippen molar-refractivity contribution in [3.63, 3.8) is 0 Å². The number of nitrogens with zero attached hydrogens (tertiary/aromatic N) is 6. The Morgan fingerprint density at radius 2 is 1.69 bits per heavy atom. The molecule has 5 rings (SSSR count). The van der Waals surface area contributed by atoms with Gasteiger partial charge in [-0.1, -0.05) is 47.5 Å². The molecule has 2 aromatic heterocycles. The minimum Gasteiger partial charge on any atom is -0.337 e. The molecule has 4 aromatic rings. The van der Waals surface area contributed by atoms with Crippen molar-refractivity contribution in [2.75, 3.05) is 13.1 Å². The molecule has 36 heavy (non-hydrogen) atoms. The number of para-hydroxylation sites is 1. The highest BCUT2D eigenvalue weighted by atomic mass is 35.5. The van der Waals surface area contributed by atoms with Crippen molar-refractivity contribution in [1.29, 1.82) is 5.26 Å². The second-order valence-electron chi connectivity index (χ2n) is 8.55. The summed E-state index contributed by atoms with van der Waals surface area (Å²) in [5, 5.41) is 15.5. The minimum absolute atomic E-state index is 0.0256. The summed E-state index contributed by atoms with van der Waals surface area (Å²) in [5.41, 5.74) is 2.89. The average molecular weight is 517 g/mol. The Balaban J connectivity index is 1.54. The summed E-state index contributed by atoms with van der Waals surface area (Å²) in [6, 6.07) is 18.6. The SMILES string of the molecule is N#CCc1c(C(=O)N2CCC(c3ncccn3)CC2)nn(-c2ccccc2Cl)c1-c1ccc(Cl)cc1. The lowest BCUT2D eigenvalue weighted by atomic mass is 9.95. The molecule has 1 fully saturated rings. The van der Waals surface area contributed by atoms with E-state index in [9.17, 15) is 10.1 Å². The molecule has 0 unspecified atom stereocenters. The van der Waals surface area contributed by atoms with Crippen molar-refractivity contribution < 1.29 is 4.79 Å². The van der Waals surface area contributed by atoms with E-state index in [-0.39, 0.29) is 23.9 Å². The Hall–Kier alpha value is -3.73. The van der Waals surface area contributed by atoms with Crippen LogP contribution in [-0.2, 0) is 6.42 Å². The minimum atomic E-state index is -0.200. The lowest BCUT2D eigenvalue weighted by Gasteiger charge is -2.31. The Kier molecular flexibility index (Phi) is 6.99. The van der Waals surface area contributed by atoms with Gasteiger partial charge in [-0.2, -0.15) is 10.4 Å². The maximum Gasteiger partial charge on any atom is 0.274 e. The molecule has 1 amide bonds. The standard InChI is InChI=1S/C27H22Cl2N6O/c28-20-8-6-18(7-9-20)25-21(10-13-30)24(33-35(25)23-5-2-1-4-22(23)29)27(36)34-16-11-19(12-17-34)26-31-14-3-15-32-26/h1-9,14-15,19H,10-12,16-17H2. The molecule has 3 heterocycles. The Bertz CT molecular complexity index is 1420. The first-order chi connectivity index (χ1) is 17.6. The largest absolute Gasteiger partial charge is 0.337 e. The van der Waals surface area contributed by atoms with Crippen LogP contribution in [0.2, 0.25) is 10.0 Å². The highest BCUT2D eigenvalue weighted by Gasteiger charge is 2.31. The lowest BCUT2D eigenvalue weighted by Crippen LogP contribution is -2.38. The third kappa shape index (κ3) is 4.70. The molecule has 0 spiro atoms. The van der Waals surface area contributed by atoms with Gasteiger partial charge in [0, 0.05) is 47.6 Å². The fourth-order valence-corrected chi connectivity index (χ4v) is 4.92. The van der Waals surface area contributed by atoms with Crippen LogP contribution in [0.5, 0.6) is 0 Å². The van der Waals surface area contributed by atoms with E-state index in [2.05, 4.69) is 16.0 Å². The average Bonchev–Trinajstić information content (AvgIpc) is 3.28. The number of piperidine rings is 1. The first-order valence-corrected chi connectivity index (χ1v) is 12.4. The number of hydrogen-bond donors (Lipinski definition) is 0. The van der Waals surface area contributed by atoms with E-state index in [1.54, 1.807) is 46.2 Å². The number of amides is 1. The first kappa shape index (κ1) is 24.0. The van der Waals surface area contributed by atoms with Crippen LogP contribution < -0.4 is 0 Å². The zero-order valence-electron chi connectivity index (χ0n) is 19.3. The molecule has 0 saturated carbocycles. The topological polar surface area (TPSA) is 87.7 Å². The van der Waals surface area contributed by atoms with Crippen LogP contribution in [0.15, 0.2) is 67.0 Å². The van der Waals surface area contributed by atoms with Crippen molar-refractivity contribution >= 4 is 29.1 Å². The van der Waals surface area contributed by atoms with Gasteiger partial charge in [0.25, 0.3) is 5.91 Å². The third-order valence-electron chi connectivity index (χ3n) is 6.37. The summed E-state index contributed by atoms with van der Waals surface area (Å²) in [7, 11) is 0. The van der Waals surface area contributed by atoms with Gasteiger partial charge in [0.1, 0.15) is 5.82 Å². The van der Waals surface area contributed by atoms with Crippen molar-refractivity contribution in [2.45, 2.75) is 25.2 Å². The van der Waals surface area contributed by atoms with E-state index in [1.165, 1.54) is 0 Å². The molecule has 0 bridgehead atoms. The van der Waals surface area contributed by atoms with Crippen LogP contribution in [0, 0.1) is 11.3 Å². The van der Waals surface area contributed by atoms with Crippen LogP contribution in [0.3, 0.4) is 0 Å². The number of rotatable bonds is 5. The second-order valence-corrected chi connectivity index (χ2v) is 9.40. The molecule has 2 aromatic carbocycles. The van der Waals surface area contributed by atoms with E-state index in [0.717, 1.165) is 24.2 Å². The zero-order chi connectivity index (χ0) is 25.1. The van der Waals surface area contributed by atoms with Crippen LogP contribution >= 0.6 is 23.2 Å². The molecule has 0 radical (unpaired) electrons. The van der Waals surface area contributed by atoms with Crippen molar-refractivity contribution in [3.8, 4) is 23.0 Å². The summed E-state index contributed by atoms with van der Waals surface area (Å²) < 4.78 is 1.66. The second kappa shape index (κ2) is 10.5. The number of likely N-dealkylation sites (tertiary alicyclic amines) is 1. The number of halogens is 2. The molecule has 180 valence electrons. The Labute approximate surface area is 218 Å². The number of carbonyl (C=O) groups excluding carboxylic acids is 1. The maximum absolute atomic E-state index is 13.8. The van der Waals surface area contributed by atoms with Crippen LogP contribution in [0.25, 0.3) is 16.9 Å². The molecular weight excluding hydrogens is 495 g/mol. The van der Waals surface area contributed by atoms with E-state index in [0.29, 0.717) is 40.1 Å². The van der Waals surface area contributed by atoms with E-state index < -0.39 is 0 Å². The van der Waals surface area contributed by atoms with Crippen LogP contribution in [0.1, 0.15) is 40.6 Å². The third-order valence-corrected chi connectivity index (χ3v) is 6.94. The van der Waals surface area contributed by atoms with E-state index in [1.807, 2.05) is 30.3 Å². The van der Waals surface area contributed by atoms with Gasteiger partial charge in [-0.3, -0.25) is 4.79 Å². The number of aromatic nitrogens is 4. The van der Waals surface area contributed by atoms with E-state index >= 15 is 0 Å². The van der Waals surface area contributed by atoms with E-state index in [4.69, 9.17) is 28.3 Å². The Morgan fingerprint density at radius 1 is 1.00 bits per heavy atom. The quantitative estimate of drug-likeness (QED) is 0.338. The predicted octanol–water partition coefficient (Wildman–Crippen LogP) is 5.72. The summed E-state index contributed by atoms with van der Waals surface area (Å²) in [5.74, 6) is 0.815. The summed E-state index contributed by atoms with van der Waals surface area (Å²) in [6.45, 7) is 1.12. The molecular formula is C27H22Cl2N6O. The fraction of sp³-hybridized carbons (Fsp3) is 0.222. The van der Waals surface area contributed by atoms with Crippen molar-refractivity contribution in [3.05, 3.63) is 94.1 Å². The molecule has 0 N–H and O–H groups in total. The van der Waals surface area contributed by atoms with Crippen molar-refractivity contribution in [2.24, 2.45) is 0 Å². The molecule has 9 heteroatoms.